The summed E-state index contributed by atoms with van der Waals surface area (Å²) in [6.07, 6.45) is 0.797. The highest BCUT2D eigenvalue weighted by atomic mass is 35.5. The zero-order valence-electron chi connectivity index (χ0n) is 18.4. The average molecular weight is 478 g/mol. The van der Waals surface area contributed by atoms with Crippen molar-refractivity contribution in [2.45, 2.75) is 51.6 Å². The van der Waals surface area contributed by atoms with E-state index in [1.165, 1.54) is 23.9 Å². The van der Waals surface area contributed by atoms with Crippen LogP contribution in [-0.4, -0.2) is 39.5 Å². The highest BCUT2D eigenvalue weighted by Gasteiger charge is 2.26. The third-order valence-corrected chi connectivity index (χ3v) is 6.28. The van der Waals surface area contributed by atoms with E-state index in [0.717, 1.165) is 17.5 Å². The van der Waals surface area contributed by atoms with Crippen LogP contribution in [0, 0.1) is 10.1 Å². The van der Waals surface area contributed by atoms with Gasteiger partial charge in [-0.15, -0.1) is 11.8 Å². The highest BCUT2D eigenvalue weighted by molar-refractivity contribution is 7.99. The van der Waals surface area contributed by atoms with Gasteiger partial charge in [0.25, 0.3) is 5.69 Å². The van der Waals surface area contributed by atoms with Gasteiger partial charge in [-0.3, -0.25) is 19.7 Å². The van der Waals surface area contributed by atoms with Crippen molar-refractivity contribution in [2.75, 3.05) is 5.75 Å². The van der Waals surface area contributed by atoms with Crippen LogP contribution < -0.4 is 5.32 Å². The van der Waals surface area contributed by atoms with E-state index in [2.05, 4.69) is 5.32 Å². The number of carbonyl (C=O) groups excluding carboxylic acids is 2. The molecule has 0 spiro atoms. The van der Waals surface area contributed by atoms with Crippen molar-refractivity contribution < 1.29 is 14.5 Å². The van der Waals surface area contributed by atoms with Crippen molar-refractivity contribution in [3.05, 3.63) is 74.8 Å². The molecule has 0 aliphatic heterocycles. The topological polar surface area (TPSA) is 92.6 Å². The van der Waals surface area contributed by atoms with Crippen molar-refractivity contribution in [1.82, 2.24) is 10.2 Å². The van der Waals surface area contributed by atoms with E-state index in [-0.39, 0.29) is 35.8 Å². The van der Waals surface area contributed by atoms with Gasteiger partial charge >= 0.3 is 0 Å². The Morgan fingerprint density at radius 2 is 1.84 bits per heavy atom. The second-order valence-corrected chi connectivity index (χ2v) is 8.98. The molecule has 1 N–H and O–H groups in total. The molecule has 172 valence electrons. The molecule has 0 saturated heterocycles. The summed E-state index contributed by atoms with van der Waals surface area (Å²) in [6, 6.07) is 12.9. The highest BCUT2D eigenvalue weighted by Crippen LogP contribution is 2.19. The number of nitrogens with one attached hydrogen (secondary N) is 1. The standard InChI is InChI=1S/C23H28ClN3O4S/c1-4-16(2)25-23(29)17(3)26(13-19-6-5-7-20(24)12-19)22(28)15-32-14-18-8-10-21(11-9-18)27(30)31/h5-12,16-17H,4,13-15H2,1-3H3,(H,25,29)/t16-,17+/m1/s1. The van der Waals surface area contributed by atoms with E-state index >= 15 is 0 Å². The molecule has 2 aromatic rings. The Bertz CT molecular complexity index is 939. The molecule has 2 aromatic carbocycles. The van der Waals surface area contributed by atoms with Crippen LogP contribution in [0.2, 0.25) is 5.02 Å². The molecule has 2 atom stereocenters. The minimum Gasteiger partial charge on any atom is -0.352 e. The SMILES string of the molecule is CC[C@@H](C)NC(=O)[C@H](C)N(Cc1cccc(Cl)c1)C(=O)CSCc1ccc([N+](=O)[O-])cc1. The first-order chi connectivity index (χ1) is 15.2. The molecule has 32 heavy (non-hydrogen) atoms. The normalized spacial score (nSPS) is 12.6. The molecule has 0 saturated carbocycles. The Morgan fingerprint density at radius 3 is 2.44 bits per heavy atom. The lowest BCUT2D eigenvalue weighted by atomic mass is 10.1. The molecule has 7 nitrogen and oxygen atoms in total. The molecule has 9 heteroatoms. The predicted molar refractivity (Wildman–Crippen MR) is 129 cm³/mol. The van der Waals surface area contributed by atoms with Gasteiger partial charge in [-0.25, -0.2) is 0 Å². The number of thioether (sulfide) groups is 1. The molecule has 0 radical (unpaired) electrons. The van der Waals surface area contributed by atoms with Gasteiger partial charge in [-0.05, 0) is 43.5 Å². The van der Waals surface area contributed by atoms with Crippen LogP contribution in [0.4, 0.5) is 5.69 Å². The van der Waals surface area contributed by atoms with Crippen LogP contribution in [0.25, 0.3) is 0 Å². The van der Waals surface area contributed by atoms with Gasteiger partial charge in [0.2, 0.25) is 11.8 Å². The summed E-state index contributed by atoms with van der Waals surface area (Å²) >= 11 is 7.49. The third kappa shape index (κ3) is 7.84. The Kier molecular flexibility index (Phi) is 9.99. The van der Waals surface area contributed by atoms with Crippen molar-refractivity contribution in [3.63, 3.8) is 0 Å². The molecular weight excluding hydrogens is 450 g/mol. The van der Waals surface area contributed by atoms with Gasteiger partial charge < -0.3 is 10.2 Å². The molecule has 0 unspecified atom stereocenters. The predicted octanol–water partition coefficient (Wildman–Crippen LogP) is 4.81. The van der Waals surface area contributed by atoms with E-state index in [1.807, 2.05) is 26.0 Å². The van der Waals surface area contributed by atoms with Crippen LogP contribution in [0.15, 0.2) is 48.5 Å². The number of nitro groups is 1. The maximum absolute atomic E-state index is 13.1. The van der Waals surface area contributed by atoms with Crippen LogP contribution in [0.3, 0.4) is 0 Å². The maximum atomic E-state index is 13.1. The van der Waals surface area contributed by atoms with E-state index in [0.29, 0.717) is 10.8 Å². The lowest BCUT2D eigenvalue weighted by Crippen LogP contribution is -2.50. The lowest BCUT2D eigenvalue weighted by Gasteiger charge is -2.29. The van der Waals surface area contributed by atoms with Crippen LogP contribution >= 0.6 is 23.4 Å². The number of hydrogen-bond acceptors (Lipinski definition) is 5. The zero-order valence-corrected chi connectivity index (χ0v) is 20.0. The number of rotatable bonds is 11. The largest absolute Gasteiger partial charge is 0.352 e. The Morgan fingerprint density at radius 1 is 1.16 bits per heavy atom. The number of carbonyl (C=O) groups is 2. The molecule has 0 bridgehead atoms. The molecule has 0 aromatic heterocycles. The number of non-ortho nitro benzene ring substituents is 1. The summed E-state index contributed by atoms with van der Waals surface area (Å²) < 4.78 is 0. The molecule has 0 aliphatic rings. The van der Waals surface area contributed by atoms with E-state index in [9.17, 15) is 19.7 Å². The summed E-state index contributed by atoms with van der Waals surface area (Å²) in [6.45, 7) is 5.90. The number of halogens is 1. The molecule has 0 heterocycles. The van der Waals surface area contributed by atoms with E-state index in [1.54, 1.807) is 36.1 Å². The fourth-order valence-electron chi connectivity index (χ4n) is 2.93. The first-order valence-corrected chi connectivity index (χ1v) is 11.9. The van der Waals surface area contributed by atoms with Crippen molar-refractivity contribution in [2.24, 2.45) is 0 Å². The molecule has 0 aliphatic carbocycles. The number of benzene rings is 2. The summed E-state index contributed by atoms with van der Waals surface area (Å²) in [5, 5.41) is 14.3. The van der Waals surface area contributed by atoms with Gasteiger partial charge in [0.05, 0.1) is 10.7 Å². The Hall–Kier alpha value is -2.58. The number of amides is 2. The van der Waals surface area contributed by atoms with Gasteiger partial charge in [-0.1, -0.05) is 42.8 Å². The summed E-state index contributed by atoms with van der Waals surface area (Å²) in [5.74, 6) is 0.347. The lowest BCUT2D eigenvalue weighted by molar-refractivity contribution is -0.384. The average Bonchev–Trinajstić information content (AvgIpc) is 2.77. The maximum Gasteiger partial charge on any atom is 0.269 e. The van der Waals surface area contributed by atoms with Crippen molar-refractivity contribution in [1.29, 1.82) is 0 Å². The number of nitro benzene ring substituents is 1. The monoisotopic (exact) mass is 477 g/mol. The minimum absolute atomic E-state index is 0.0181. The Balaban J connectivity index is 2.06. The van der Waals surface area contributed by atoms with Crippen LogP contribution in [-0.2, 0) is 21.9 Å². The van der Waals surface area contributed by atoms with E-state index < -0.39 is 11.0 Å². The number of nitrogens with zero attached hydrogens (tertiary/aromatic N) is 2. The van der Waals surface area contributed by atoms with Crippen molar-refractivity contribution in [3.8, 4) is 0 Å². The van der Waals surface area contributed by atoms with Gasteiger partial charge in [-0.2, -0.15) is 0 Å². The minimum atomic E-state index is -0.643. The summed E-state index contributed by atoms with van der Waals surface area (Å²) in [7, 11) is 0. The van der Waals surface area contributed by atoms with Crippen LogP contribution in [0.1, 0.15) is 38.3 Å². The molecule has 2 rings (SSSR count). The second-order valence-electron chi connectivity index (χ2n) is 7.56. The smallest absolute Gasteiger partial charge is 0.269 e. The quantitative estimate of drug-likeness (QED) is 0.370. The summed E-state index contributed by atoms with van der Waals surface area (Å²) in [4.78, 5) is 37.7. The third-order valence-electron chi connectivity index (χ3n) is 5.05. The zero-order chi connectivity index (χ0) is 23.7. The first-order valence-electron chi connectivity index (χ1n) is 10.4. The van der Waals surface area contributed by atoms with Gasteiger partial charge in [0.15, 0.2) is 0 Å². The van der Waals surface area contributed by atoms with Gasteiger partial charge in [0, 0.05) is 35.5 Å². The first kappa shape index (κ1) is 25.7. The van der Waals surface area contributed by atoms with E-state index in [4.69, 9.17) is 11.6 Å². The fraction of sp³-hybridized carbons (Fsp3) is 0.391. The van der Waals surface area contributed by atoms with Crippen LogP contribution in [0.5, 0.6) is 0 Å². The van der Waals surface area contributed by atoms with Gasteiger partial charge in [0.1, 0.15) is 6.04 Å². The van der Waals surface area contributed by atoms with Crippen molar-refractivity contribution >= 4 is 40.9 Å². The summed E-state index contributed by atoms with van der Waals surface area (Å²) in [5.41, 5.74) is 1.76. The fourth-order valence-corrected chi connectivity index (χ4v) is 4.02. The molecular formula is C23H28ClN3O4S. The molecule has 2 amide bonds. The Labute approximate surface area is 197 Å². The number of hydrogen-bond donors (Lipinski definition) is 1. The second kappa shape index (κ2) is 12.5. The molecule has 0 fully saturated rings.